The lowest BCUT2D eigenvalue weighted by atomic mass is 9.95. The zero-order valence-electron chi connectivity index (χ0n) is 14.3. The van der Waals surface area contributed by atoms with Crippen LogP contribution in [-0.4, -0.2) is 33.6 Å². The molecule has 1 unspecified atom stereocenters. The van der Waals surface area contributed by atoms with Crippen LogP contribution in [0.3, 0.4) is 0 Å². The van der Waals surface area contributed by atoms with Crippen molar-refractivity contribution in [2.75, 3.05) is 7.05 Å². The highest BCUT2D eigenvalue weighted by Gasteiger charge is 2.23. The molecule has 0 saturated heterocycles. The first-order valence-corrected chi connectivity index (χ1v) is 9.39. The first-order chi connectivity index (χ1) is 11.9. The number of fused-ring (bicyclic) bond motifs is 1. The lowest BCUT2D eigenvalue weighted by Gasteiger charge is -2.23. The number of carbonyl (C=O) groups excluding carboxylic acids is 1. The monoisotopic (exact) mass is 426 g/mol. The van der Waals surface area contributed by atoms with Crippen molar-refractivity contribution in [2.24, 2.45) is 0 Å². The van der Waals surface area contributed by atoms with Crippen molar-refractivity contribution in [1.29, 1.82) is 0 Å². The number of rotatable bonds is 3. The maximum absolute atomic E-state index is 11.4. The minimum atomic E-state index is -0.391. The van der Waals surface area contributed by atoms with Crippen molar-refractivity contribution in [3.63, 3.8) is 0 Å². The summed E-state index contributed by atoms with van der Waals surface area (Å²) in [7, 11) is 1.56. The molecule has 3 rings (SSSR count). The molecule has 1 amide bonds. The van der Waals surface area contributed by atoms with Gasteiger partial charge in [0.15, 0.2) is 5.15 Å². The summed E-state index contributed by atoms with van der Waals surface area (Å²) < 4.78 is 8.12. The first kappa shape index (κ1) is 18.2. The third kappa shape index (κ3) is 3.53. The number of imidazole rings is 1. The van der Waals surface area contributed by atoms with E-state index in [0.29, 0.717) is 16.2 Å². The summed E-state index contributed by atoms with van der Waals surface area (Å²) in [6.45, 7) is 4.20. The van der Waals surface area contributed by atoms with Gasteiger partial charge in [-0.15, -0.1) is 0 Å². The van der Waals surface area contributed by atoms with Gasteiger partial charge >= 0.3 is 6.09 Å². The number of hydrogen-bond donors (Lipinski definition) is 1. The molecule has 0 aliphatic heterocycles. The second kappa shape index (κ2) is 7.33. The zero-order valence-corrected chi connectivity index (χ0v) is 16.7. The third-order valence-corrected chi connectivity index (χ3v) is 5.11. The minimum absolute atomic E-state index is 0.0986. The molecule has 1 aliphatic rings. The van der Waals surface area contributed by atoms with Crippen LogP contribution in [0.15, 0.2) is 16.9 Å². The fraction of sp³-hybridized carbons (Fsp3) is 0.471. The molecule has 0 saturated carbocycles. The quantitative estimate of drug-likeness (QED) is 0.779. The molecular formula is C17H20BrClN4O2. The van der Waals surface area contributed by atoms with Gasteiger partial charge in [-0.2, -0.15) is 0 Å². The summed E-state index contributed by atoms with van der Waals surface area (Å²) in [5, 5.41) is 2.91. The number of halogens is 2. The van der Waals surface area contributed by atoms with Gasteiger partial charge in [0, 0.05) is 19.4 Å². The molecule has 0 bridgehead atoms. The SMILES string of the molecule is CNC(=O)OC1CC=C(c2cnc(Cl)c3c(Br)nc(C(C)C)n23)CC1. The lowest BCUT2D eigenvalue weighted by molar-refractivity contribution is 0.0948. The zero-order chi connectivity index (χ0) is 18.1. The van der Waals surface area contributed by atoms with Crippen molar-refractivity contribution in [1.82, 2.24) is 19.7 Å². The van der Waals surface area contributed by atoms with Crippen LogP contribution < -0.4 is 5.32 Å². The van der Waals surface area contributed by atoms with E-state index in [-0.39, 0.29) is 12.0 Å². The Morgan fingerprint density at radius 3 is 2.88 bits per heavy atom. The van der Waals surface area contributed by atoms with Gasteiger partial charge in [0.2, 0.25) is 0 Å². The maximum Gasteiger partial charge on any atom is 0.407 e. The highest BCUT2D eigenvalue weighted by Crippen LogP contribution is 2.34. The molecule has 25 heavy (non-hydrogen) atoms. The van der Waals surface area contributed by atoms with Crippen molar-refractivity contribution < 1.29 is 9.53 Å². The van der Waals surface area contributed by atoms with Gasteiger partial charge < -0.3 is 10.1 Å². The van der Waals surface area contributed by atoms with Crippen LogP contribution in [0.25, 0.3) is 11.1 Å². The van der Waals surface area contributed by atoms with E-state index in [2.05, 4.69) is 55.5 Å². The average molecular weight is 428 g/mol. The Morgan fingerprint density at radius 1 is 1.52 bits per heavy atom. The average Bonchev–Trinajstić information content (AvgIpc) is 2.95. The van der Waals surface area contributed by atoms with Crippen LogP contribution >= 0.6 is 27.5 Å². The Kier molecular flexibility index (Phi) is 5.34. The molecule has 134 valence electrons. The third-order valence-electron chi connectivity index (χ3n) is 4.28. The van der Waals surface area contributed by atoms with Crippen molar-refractivity contribution in [3.8, 4) is 0 Å². The summed E-state index contributed by atoms with van der Waals surface area (Å²) in [5.74, 6) is 1.18. The van der Waals surface area contributed by atoms with Gasteiger partial charge in [-0.1, -0.05) is 31.5 Å². The van der Waals surface area contributed by atoms with Gasteiger partial charge in [-0.25, -0.2) is 14.8 Å². The second-order valence-corrected chi connectivity index (χ2v) is 7.42. The van der Waals surface area contributed by atoms with Crippen molar-refractivity contribution in [2.45, 2.75) is 45.1 Å². The normalized spacial score (nSPS) is 17.7. The largest absolute Gasteiger partial charge is 0.446 e. The molecule has 1 atom stereocenters. The van der Waals surface area contributed by atoms with Crippen molar-refractivity contribution in [3.05, 3.63) is 33.5 Å². The summed E-state index contributed by atoms with van der Waals surface area (Å²) >= 11 is 9.80. The van der Waals surface area contributed by atoms with Crippen LogP contribution in [0.2, 0.25) is 5.15 Å². The van der Waals surface area contributed by atoms with E-state index in [1.54, 1.807) is 13.2 Å². The molecule has 2 aromatic rings. The Hall–Kier alpha value is -1.60. The van der Waals surface area contributed by atoms with Gasteiger partial charge in [0.1, 0.15) is 22.0 Å². The number of nitrogens with one attached hydrogen (secondary N) is 1. The number of ether oxygens (including phenoxy) is 1. The predicted octanol–water partition coefficient (Wildman–Crippen LogP) is 4.56. The van der Waals surface area contributed by atoms with E-state index in [1.165, 1.54) is 0 Å². The molecule has 0 spiro atoms. The molecule has 1 aliphatic carbocycles. The summed E-state index contributed by atoms with van der Waals surface area (Å²) in [6, 6.07) is 0. The molecule has 0 fully saturated rings. The molecular weight excluding hydrogens is 408 g/mol. The molecule has 6 nitrogen and oxygen atoms in total. The molecule has 0 aromatic carbocycles. The van der Waals surface area contributed by atoms with Gasteiger partial charge in [-0.05, 0) is 34.3 Å². The summed E-state index contributed by atoms with van der Waals surface area (Å²) in [4.78, 5) is 20.3. The molecule has 0 radical (unpaired) electrons. The second-order valence-electron chi connectivity index (χ2n) is 6.31. The van der Waals surface area contributed by atoms with Crippen LogP contribution in [0.1, 0.15) is 50.5 Å². The lowest BCUT2D eigenvalue weighted by Crippen LogP contribution is -2.27. The van der Waals surface area contributed by atoms with E-state index in [1.807, 2.05) is 0 Å². The van der Waals surface area contributed by atoms with Crippen LogP contribution in [-0.2, 0) is 4.74 Å². The molecule has 1 N–H and O–H groups in total. The number of carbonyl (C=O) groups is 1. The Balaban J connectivity index is 2.00. The van der Waals surface area contributed by atoms with Gasteiger partial charge in [-0.3, -0.25) is 4.40 Å². The first-order valence-electron chi connectivity index (χ1n) is 8.22. The van der Waals surface area contributed by atoms with Crippen LogP contribution in [0, 0.1) is 0 Å². The van der Waals surface area contributed by atoms with E-state index in [9.17, 15) is 4.79 Å². The van der Waals surface area contributed by atoms with Gasteiger partial charge in [0.05, 0.1) is 11.9 Å². The highest BCUT2D eigenvalue weighted by molar-refractivity contribution is 9.10. The number of amides is 1. The number of alkyl carbamates (subject to hydrolysis) is 1. The molecule has 2 heterocycles. The van der Waals surface area contributed by atoms with E-state index >= 15 is 0 Å². The van der Waals surface area contributed by atoms with E-state index < -0.39 is 6.09 Å². The Morgan fingerprint density at radius 2 is 2.28 bits per heavy atom. The van der Waals surface area contributed by atoms with Gasteiger partial charge in [0.25, 0.3) is 0 Å². The van der Waals surface area contributed by atoms with E-state index in [0.717, 1.165) is 35.4 Å². The van der Waals surface area contributed by atoms with E-state index in [4.69, 9.17) is 16.3 Å². The Labute approximate surface area is 159 Å². The topological polar surface area (TPSA) is 68.5 Å². The summed E-state index contributed by atoms with van der Waals surface area (Å²) in [6.07, 6.45) is 5.67. The fourth-order valence-electron chi connectivity index (χ4n) is 3.04. The molecule has 2 aromatic heterocycles. The fourth-order valence-corrected chi connectivity index (χ4v) is 3.93. The van der Waals surface area contributed by atoms with Crippen LogP contribution in [0.5, 0.6) is 0 Å². The predicted molar refractivity (Wildman–Crippen MR) is 101 cm³/mol. The number of aromatic nitrogens is 3. The standard InChI is InChI=1S/C17H20BrClN4O2/c1-9(2)16-22-14(18)13-15(19)21-8-12(23(13)16)10-4-6-11(7-5-10)25-17(24)20-3/h4,8-9,11H,5-7H2,1-3H3,(H,20,24). The van der Waals surface area contributed by atoms with Crippen LogP contribution in [0.4, 0.5) is 4.79 Å². The number of allylic oxidation sites excluding steroid dienone is 1. The number of nitrogens with zero attached hydrogens (tertiary/aromatic N) is 3. The maximum atomic E-state index is 11.4. The summed E-state index contributed by atoms with van der Waals surface area (Å²) in [5.41, 5.74) is 2.94. The highest BCUT2D eigenvalue weighted by atomic mass is 79.9. The smallest absolute Gasteiger partial charge is 0.407 e. The Bertz CT molecular complexity index is 847. The molecule has 8 heteroatoms. The number of hydrogen-bond acceptors (Lipinski definition) is 4. The minimum Gasteiger partial charge on any atom is -0.446 e. The van der Waals surface area contributed by atoms with Crippen molar-refractivity contribution >= 4 is 44.7 Å².